The monoisotopic (exact) mass is 654 g/mol. The first-order valence-corrected chi connectivity index (χ1v) is 17.8. The normalized spacial score (nSPS) is 12.2. The summed E-state index contributed by atoms with van der Waals surface area (Å²) in [7, 11) is -2.10. The topological polar surface area (TPSA) is 113 Å². The maximum absolute atomic E-state index is 13.0. The Labute approximate surface area is 269 Å². The highest BCUT2D eigenvalue weighted by Crippen LogP contribution is 2.41. The highest BCUT2D eigenvalue weighted by molar-refractivity contribution is 7.92. The summed E-state index contributed by atoms with van der Waals surface area (Å²) >= 11 is 0. The highest BCUT2D eigenvalue weighted by Gasteiger charge is 2.22. The average Bonchev–Trinajstić information content (AvgIpc) is 3.42. The minimum absolute atomic E-state index is 0.0566. The summed E-state index contributed by atoms with van der Waals surface area (Å²) in [6.07, 6.45) is 2.34. The van der Waals surface area contributed by atoms with Crippen molar-refractivity contribution >= 4 is 47.8 Å². The number of anilines is 1. The van der Waals surface area contributed by atoms with Gasteiger partial charge in [-0.3, -0.25) is 4.31 Å². The summed E-state index contributed by atoms with van der Waals surface area (Å²) < 4.78 is 58.9. The largest absolute Gasteiger partial charge is 0.379 e. The van der Waals surface area contributed by atoms with Crippen LogP contribution in [0.1, 0.15) is 6.42 Å². The first kappa shape index (κ1) is 31.3. The fourth-order valence-corrected chi connectivity index (χ4v) is 7.64. The number of nitrogens with one attached hydrogen (secondary N) is 1. The van der Waals surface area contributed by atoms with Crippen LogP contribution in [0.2, 0.25) is 0 Å². The highest BCUT2D eigenvalue weighted by atomic mass is 32.2. The molecule has 0 aliphatic heterocycles. The third-order valence-electron chi connectivity index (χ3n) is 7.86. The molecule has 0 fully saturated rings. The molecule has 0 aliphatic rings. The van der Waals surface area contributed by atoms with E-state index in [9.17, 15) is 16.8 Å². The Kier molecular flexibility index (Phi) is 8.56. The average molecular weight is 655 g/mol. The third-order valence-corrected chi connectivity index (χ3v) is 11.0. The van der Waals surface area contributed by atoms with E-state index in [-0.39, 0.29) is 16.4 Å². The second-order valence-electron chi connectivity index (χ2n) is 11.3. The molecule has 0 aliphatic carbocycles. The van der Waals surface area contributed by atoms with Crippen molar-refractivity contribution in [1.82, 2.24) is 14.9 Å². The molecule has 0 saturated heterocycles. The van der Waals surface area contributed by atoms with E-state index in [1.54, 1.807) is 61.8 Å². The summed E-state index contributed by atoms with van der Waals surface area (Å²) in [5, 5.41) is 1.56. The number of sulfonamides is 1. The molecule has 46 heavy (non-hydrogen) atoms. The van der Waals surface area contributed by atoms with Crippen molar-refractivity contribution in [2.75, 3.05) is 37.7 Å². The number of H-pyrrole nitrogens is 1. The zero-order valence-corrected chi connectivity index (χ0v) is 27.3. The zero-order chi connectivity index (χ0) is 32.5. The molecule has 9 nitrogen and oxygen atoms in total. The van der Waals surface area contributed by atoms with Gasteiger partial charge in [0.1, 0.15) is 16.3 Å². The molecule has 236 valence electrons. The second kappa shape index (κ2) is 12.6. The van der Waals surface area contributed by atoms with E-state index in [0.717, 1.165) is 38.5 Å². The van der Waals surface area contributed by atoms with Gasteiger partial charge in [0, 0.05) is 40.7 Å². The number of hydrogen-bond acceptors (Lipinski definition) is 7. The first-order valence-electron chi connectivity index (χ1n) is 14.7. The lowest BCUT2D eigenvalue weighted by Gasteiger charge is -2.20. The number of fused-ring (bicyclic) bond motifs is 3. The van der Waals surface area contributed by atoms with Crippen molar-refractivity contribution < 1.29 is 21.0 Å². The van der Waals surface area contributed by atoms with E-state index >= 15 is 0 Å². The van der Waals surface area contributed by atoms with Crippen LogP contribution in [0.4, 0.5) is 5.69 Å². The second-order valence-corrected chi connectivity index (χ2v) is 15.0. The molecule has 0 amide bonds. The Hall–Kier alpha value is -4.71. The van der Waals surface area contributed by atoms with Gasteiger partial charge in [0.2, 0.25) is 10.0 Å². The van der Waals surface area contributed by atoms with Crippen LogP contribution in [0.25, 0.3) is 44.2 Å². The van der Waals surface area contributed by atoms with Crippen LogP contribution in [0, 0.1) is 0 Å². The number of aromatic amines is 1. The molecule has 6 aromatic rings. The molecule has 4 aromatic carbocycles. The number of rotatable bonds is 11. The van der Waals surface area contributed by atoms with Crippen molar-refractivity contribution in [1.29, 1.82) is 0 Å². The van der Waals surface area contributed by atoms with E-state index in [4.69, 9.17) is 9.17 Å². The van der Waals surface area contributed by atoms with Gasteiger partial charge in [-0.1, -0.05) is 60.7 Å². The van der Waals surface area contributed by atoms with Crippen molar-refractivity contribution in [3.63, 3.8) is 0 Å². The van der Waals surface area contributed by atoms with Crippen molar-refractivity contribution in [2.45, 2.75) is 11.3 Å². The number of nitrogens with zero attached hydrogens (tertiary/aromatic N) is 3. The molecule has 0 bridgehead atoms. The number of pyridine rings is 1. The van der Waals surface area contributed by atoms with E-state index in [1.165, 1.54) is 16.4 Å². The van der Waals surface area contributed by atoms with E-state index < -0.39 is 20.1 Å². The SMILES string of the molecule is CN(C)CCCS(=O)(=O)N(C)c1ccc(-c2cnc3[nH]c4ccc(OS(=O)(=O)c5ccccc5)cc4c3c2-c2ccccc2)cc1. The minimum atomic E-state index is -4.04. The fraction of sp³-hybridized carbons (Fsp3) is 0.171. The molecule has 0 saturated carbocycles. The van der Waals surface area contributed by atoms with Gasteiger partial charge in [-0.2, -0.15) is 8.42 Å². The summed E-state index contributed by atoms with van der Waals surface area (Å²) in [4.78, 5) is 10.1. The lowest BCUT2D eigenvalue weighted by molar-refractivity contribution is 0.408. The van der Waals surface area contributed by atoms with Crippen molar-refractivity contribution in [2.24, 2.45) is 0 Å². The predicted molar refractivity (Wildman–Crippen MR) is 184 cm³/mol. The smallest absolute Gasteiger partial charge is 0.339 e. The van der Waals surface area contributed by atoms with Crippen LogP contribution < -0.4 is 8.49 Å². The zero-order valence-electron chi connectivity index (χ0n) is 25.7. The predicted octanol–water partition coefficient (Wildman–Crippen LogP) is 6.54. The van der Waals surface area contributed by atoms with E-state index in [1.807, 2.05) is 61.5 Å². The summed E-state index contributed by atoms with van der Waals surface area (Å²) in [5.41, 5.74) is 5.52. The van der Waals surface area contributed by atoms with Crippen LogP contribution in [-0.2, 0) is 20.1 Å². The van der Waals surface area contributed by atoms with Gasteiger partial charge >= 0.3 is 10.1 Å². The number of benzene rings is 4. The van der Waals surface area contributed by atoms with Gasteiger partial charge in [-0.15, -0.1) is 0 Å². The molecular formula is C35H34N4O5S2. The molecule has 0 unspecified atom stereocenters. The third kappa shape index (κ3) is 6.34. The van der Waals surface area contributed by atoms with Crippen LogP contribution >= 0.6 is 0 Å². The number of aromatic nitrogens is 2. The van der Waals surface area contributed by atoms with Gasteiger partial charge in [0.05, 0.1) is 11.4 Å². The van der Waals surface area contributed by atoms with Gasteiger partial charge < -0.3 is 14.1 Å². The number of hydrogen-bond donors (Lipinski definition) is 1. The lowest BCUT2D eigenvalue weighted by Crippen LogP contribution is -2.30. The fourth-order valence-electron chi connectivity index (χ4n) is 5.48. The molecule has 0 spiro atoms. The Morgan fingerprint density at radius 3 is 2.13 bits per heavy atom. The molecular weight excluding hydrogens is 621 g/mol. The van der Waals surface area contributed by atoms with Crippen LogP contribution in [-0.4, -0.2) is 65.1 Å². The van der Waals surface area contributed by atoms with Crippen LogP contribution in [0.15, 0.2) is 114 Å². The first-order chi connectivity index (χ1) is 22.0. The molecule has 2 heterocycles. The molecule has 6 rings (SSSR count). The summed E-state index contributed by atoms with van der Waals surface area (Å²) in [5.74, 6) is 0.238. The standard InChI is InChI=1S/C35H34N4O5S2/c1-38(2)21-10-22-45(40,41)39(3)27-17-15-25(16-18-27)31-24-36-35-34(33(31)26-11-6-4-7-12-26)30-23-28(19-20-32(30)37-35)44-46(42,43)29-13-8-5-9-14-29/h4-9,11-20,23-24H,10,21-22H2,1-3H3,(H,36,37). The Morgan fingerprint density at radius 1 is 0.783 bits per heavy atom. The van der Waals surface area contributed by atoms with Gasteiger partial charge in [-0.25, -0.2) is 13.4 Å². The van der Waals surface area contributed by atoms with E-state index in [2.05, 4.69) is 4.98 Å². The molecule has 0 atom stereocenters. The molecule has 1 N–H and O–H groups in total. The Balaban J connectivity index is 1.43. The minimum Gasteiger partial charge on any atom is -0.379 e. The van der Waals surface area contributed by atoms with E-state index in [0.29, 0.717) is 24.3 Å². The van der Waals surface area contributed by atoms with Crippen LogP contribution in [0.3, 0.4) is 0 Å². The molecule has 0 radical (unpaired) electrons. The maximum atomic E-state index is 13.0. The summed E-state index contributed by atoms with van der Waals surface area (Å²) in [6.45, 7) is 0.689. The molecule has 11 heteroatoms. The summed E-state index contributed by atoms with van der Waals surface area (Å²) in [6, 6.07) is 30.4. The Morgan fingerprint density at radius 2 is 1.46 bits per heavy atom. The van der Waals surface area contributed by atoms with Crippen molar-refractivity contribution in [3.8, 4) is 28.0 Å². The van der Waals surface area contributed by atoms with Gasteiger partial charge in [0.25, 0.3) is 0 Å². The van der Waals surface area contributed by atoms with Crippen molar-refractivity contribution in [3.05, 3.63) is 109 Å². The van der Waals surface area contributed by atoms with Crippen LogP contribution in [0.5, 0.6) is 5.75 Å². The quantitative estimate of drug-likeness (QED) is 0.158. The van der Waals surface area contributed by atoms with Gasteiger partial charge in [0.15, 0.2) is 0 Å². The Bertz CT molecular complexity index is 2220. The maximum Gasteiger partial charge on any atom is 0.339 e. The lowest BCUT2D eigenvalue weighted by atomic mass is 9.92. The van der Waals surface area contributed by atoms with Gasteiger partial charge in [-0.05, 0) is 80.7 Å². The molecule has 2 aromatic heterocycles.